The quantitative estimate of drug-likeness (QED) is 0.343. The summed E-state index contributed by atoms with van der Waals surface area (Å²) in [5.41, 5.74) is 2.22. The number of allylic oxidation sites excluding steroid dienone is 5. The molecule has 0 saturated heterocycles. The van der Waals surface area contributed by atoms with Crippen LogP contribution in [0.25, 0.3) is 5.57 Å². The lowest BCUT2D eigenvalue weighted by molar-refractivity contribution is 0.447. The van der Waals surface area contributed by atoms with E-state index in [4.69, 9.17) is 4.74 Å². The van der Waals surface area contributed by atoms with Crippen molar-refractivity contribution in [1.82, 2.24) is 0 Å². The summed E-state index contributed by atoms with van der Waals surface area (Å²) in [7, 11) is 0. The predicted molar refractivity (Wildman–Crippen MR) is 108 cm³/mol. The van der Waals surface area contributed by atoms with Gasteiger partial charge in [-0.2, -0.15) is 4.39 Å². The van der Waals surface area contributed by atoms with Gasteiger partial charge in [-0.1, -0.05) is 31.4 Å². The molecule has 5 heteroatoms. The second kappa shape index (κ2) is 9.03. The topological polar surface area (TPSA) is 34.0 Å². The lowest BCUT2D eigenvalue weighted by Crippen LogP contribution is -2.13. The van der Waals surface area contributed by atoms with Crippen LogP contribution in [0.15, 0.2) is 77.6 Å². The molecular weight excluding hydrogens is 346 g/mol. The largest absolute Gasteiger partial charge is 0.436 e. The highest BCUT2D eigenvalue weighted by Gasteiger charge is 2.28. The molecular formula is C22H22F2N2O. The molecule has 0 fully saturated rings. The number of hydrogen-bond acceptors (Lipinski definition) is 3. The third-order valence-corrected chi connectivity index (χ3v) is 3.89. The standard InChI is InChI=1S/C22H22F2N2O/c1-6-9-16-17(13-26-22(16)14(4)5)15-11-12-18(21(24)20(15)23)27-19(10-7-2)25-8-3/h6-13,16H,3-4H2,1-2,5H3/b9-6-,10-7-,25-19?. The summed E-state index contributed by atoms with van der Waals surface area (Å²) < 4.78 is 34.8. The van der Waals surface area contributed by atoms with Crippen LogP contribution < -0.4 is 4.74 Å². The van der Waals surface area contributed by atoms with Crippen molar-refractivity contribution in [1.29, 1.82) is 0 Å². The van der Waals surface area contributed by atoms with Gasteiger partial charge in [0.1, 0.15) is 0 Å². The first-order valence-electron chi connectivity index (χ1n) is 8.48. The maximum atomic E-state index is 14.8. The molecule has 0 aromatic heterocycles. The zero-order valence-corrected chi connectivity index (χ0v) is 15.7. The number of nitrogens with zero attached hydrogens (tertiary/aromatic N) is 2. The number of aliphatic imine (C=N–C) groups is 2. The average molecular weight is 368 g/mol. The van der Waals surface area contributed by atoms with Gasteiger partial charge in [-0.3, -0.25) is 4.99 Å². The molecule has 1 aliphatic heterocycles. The van der Waals surface area contributed by atoms with Crippen molar-refractivity contribution in [2.75, 3.05) is 0 Å². The first-order chi connectivity index (χ1) is 12.9. The van der Waals surface area contributed by atoms with E-state index in [-0.39, 0.29) is 23.1 Å². The number of ether oxygens (including phenoxy) is 1. The third kappa shape index (κ3) is 4.37. The van der Waals surface area contributed by atoms with Crippen molar-refractivity contribution in [2.45, 2.75) is 20.8 Å². The maximum absolute atomic E-state index is 14.8. The van der Waals surface area contributed by atoms with E-state index in [1.54, 1.807) is 19.2 Å². The van der Waals surface area contributed by atoms with Gasteiger partial charge in [0, 0.05) is 23.9 Å². The van der Waals surface area contributed by atoms with E-state index >= 15 is 0 Å². The van der Waals surface area contributed by atoms with Gasteiger partial charge >= 0.3 is 0 Å². The Morgan fingerprint density at radius 2 is 1.96 bits per heavy atom. The van der Waals surface area contributed by atoms with E-state index in [1.807, 2.05) is 26.0 Å². The zero-order valence-electron chi connectivity index (χ0n) is 15.7. The van der Waals surface area contributed by atoms with E-state index in [1.165, 1.54) is 24.4 Å². The van der Waals surface area contributed by atoms with Crippen molar-refractivity contribution in [3.05, 3.63) is 84.8 Å². The minimum absolute atomic E-state index is 0.110. The van der Waals surface area contributed by atoms with E-state index < -0.39 is 11.6 Å². The number of halogens is 2. The van der Waals surface area contributed by atoms with Crippen molar-refractivity contribution in [2.24, 2.45) is 15.9 Å². The van der Waals surface area contributed by atoms with Crippen LogP contribution in [-0.4, -0.2) is 11.6 Å². The Balaban J connectivity index is 2.42. The van der Waals surface area contributed by atoms with Crippen molar-refractivity contribution >= 4 is 17.2 Å². The number of benzene rings is 1. The molecule has 1 atom stereocenters. The van der Waals surface area contributed by atoms with Gasteiger partial charge in [0.25, 0.3) is 0 Å². The molecule has 1 heterocycles. The van der Waals surface area contributed by atoms with Gasteiger partial charge in [-0.05, 0) is 50.1 Å². The second-order valence-corrected chi connectivity index (χ2v) is 5.87. The van der Waals surface area contributed by atoms with Gasteiger partial charge in [-0.25, -0.2) is 9.38 Å². The van der Waals surface area contributed by atoms with Gasteiger partial charge in [0.2, 0.25) is 11.7 Å². The van der Waals surface area contributed by atoms with Crippen LogP contribution in [0.4, 0.5) is 8.78 Å². The van der Waals surface area contributed by atoms with Crippen LogP contribution in [0.1, 0.15) is 26.3 Å². The van der Waals surface area contributed by atoms with Gasteiger partial charge < -0.3 is 4.74 Å². The molecule has 0 N–H and O–H groups in total. The van der Waals surface area contributed by atoms with Crippen molar-refractivity contribution in [3.8, 4) is 5.75 Å². The molecule has 2 rings (SSSR count). The second-order valence-electron chi connectivity index (χ2n) is 5.87. The Labute approximate surface area is 158 Å². The Bertz CT molecular complexity index is 905. The fourth-order valence-electron chi connectivity index (χ4n) is 2.73. The minimum Gasteiger partial charge on any atom is -0.436 e. The van der Waals surface area contributed by atoms with Crippen LogP contribution in [-0.2, 0) is 0 Å². The average Bonchev–Trinajstić information content (AvgIpc) is 3.04. The Hall–Kier alpha value is -3.08. The van der Waals surface area contributed by atoms with Crippen molar-refractivity contribution in [3.63, 3.8) is 0 Å². The fraction of sp³-hybridized carbons (Fsp3) is 0.182. The highest BCUT2D eigenvalue weighted by atomic mass is 19.2. The molecule has 1 aliphatic rings. The maximum Gasteiger partial charge on any atom is 0.218 e. The molecule has 27 heavy (non-hydrogen) atoms. The molecule has 0 amide bonds. The SMILES string of the molecule is C=CN=C(/C=C\C)Oc1ccc(C2=CN=C(C(=C)C)C2/C=C\C)c(F)c1F. The summed E-state index contributed by atoms with van der Waals surface area (Å²) in [6.07, 6.45) is 9.75. The fourth-order valence-corrected chi connectivity index (χ4v) is 2.73. The highest BCUT2D eigenvalue weighted by Crippen LogP contribution is 2.36. The van der Waals surface area contributed by atoms with E-state index in [0.29, 0.717) is 5.57 Å². The Morgan fingerprint density at radius 1 is 1.22 bits per heavy atom. The van der Waals surface area contributed by atoms with Crippen LogP contribution in [0, 0.1) is 17.6 Å². The summed E-state index contributed by atoms with van der Waals surface area (Å²) in [5.74, 6) is -2.49. The van der Waals surface area contributed by atoms with Gasteiger partial charge in [0.15, 0.2) is 11.6 Å². The minimum atomic E-state index is -1.09. The summed E-state index contributed by atoms with van der Waals surface area (Å²) in [4.78, 5) is 8.21. The first kappa shape index (κ1) is 20.2. The normalized spacial score (nSPS) is 17.4. The predicted octanol–water partition coefficient (Wildman–Crippen LogP) is 6.03. The molecule has 140 valence electrons. The summed E-state index contributed by atoms with van der Waals surface area (Å²) in [6.45, 7) is 12.8. The molecule has 0 saturated carbocycles. The molecule has 1 aromatic carbocycles. The summed E-state index contributed by atoms with van der Waals surface area (Å²) in [5, 5.41) is 0. The molecule has 1 aromatic rings. The third-order valence-electron chi connectivity index (χ3n) is 3.89. The zero-order chi connectivity index (χ0) is 20.0. The number of hydrogen-bond donors (Lipinski definition) is 0. The van der Waals surface area contributed by atoms with Crippen molar-refractivity contribution < 1.29 is 13.5 Å². The lowest BCUT2D eigenvalue weighted by Gasteiger charge is -2.16. The lowest BCUT2D eigenvalue weighted by atomic mass is 9.88. The van der Waals surface area contributed by atoms with Crippen LogP contribution in [0.5, 0.6) is 5.75 Å². The monoisotopic (exact) mass is 368 g/mol. The summed E-state index contributed by atoms with van der Waals surface area (Å²) >= 11 is 0. The van der Waals surface area contributed by atoms with Gasteiger partial charge in [-0.15, -0.1) is 0 Å². The summed E-state index contributed by atoms with van der Waals surface area (Å²) in [6, 6.07) is 2.86. The van der Waals surface area contributed by atoms with Crippen LogP contribution >= 0.6 is 0 Å². The molecule has 3 nitrogen and oxygen atoms in total. The molecule has 0 radical (unpaired) electrons. The molecule has 1 unspecified atom stereocenters. The highest BCUT2D eigenvalue weighted by molar-refractivity contribution is 6.11. The van der Waals surface area contributed by atoms with E-state index in [2.05, 4.69) is 23.1 Å². The Kier molecular flexibility index (Phi) is 6.77. The van der Waals surface area contributed by atoms with E-state index in [0.717, 1.165) is 11.3 Å². The molecule has 0 aliphatic carbocycles. The number of rotatable bonds is 6. The van der Waals surface area contributed by atoms with Gasteiger partial charge in [0.05, 0.1) is 5.71 Å². The smallest absolute Gasteiger partial charge is 0.218 e. The molecule has 0 spiro atoms. The molecule has 0 bridgehead atoms. The first-order valence-corrected chi connectivity index (χ1v) is 8.48. The van der Waals surface area contributed by atoms with Crippen LogP contribution in [0.3, 0.4) is 0 Å². The Morgan fingerprint density at radius 3 is 2.56 bits per heavy atom. The van der Waals surface area contributed by atoms with E-state index in [9.17, 15) is 8.78 Å². The van der Waals surface area contributed by atoms with Crippen LogP contribution in [0.2, 0.25) is 0 Å².